The van der Waals surface area contributed by atoms with Gasteiger partial charge in [-0.1, -0.05) is 50.7 Å². The van der Waals surface area contributed by atoms with Crippen molar-refractivity contribution in [1.29, 1.82) is 0 Å². The van der Waals surface area contributed by atoms with Crippen molar-refractivity contribution in [3.63, 3.8) is 0 Å². The van der Waals surface area contributed by atoms with Gasteiger partial charge in [-0.05, 0) is 49.1 Å². The summed E-state index contributed by atoms with van der Waals surface area (Å²) in [5.41, 5.74) is 8.06. The lowest BCUT2D eigenvalue weighted by molar-refractivity contribution is -0.153. The van der Waals surface area contributed by atoms with E-state index in [0.29, 0.717) is 22.6 Å². The summed E-state index contributed by atoms with van der Waals surface area (Å²) in [5, 5.41) is 10.2. The molecule has 0 amide bonds. The summed E-state index contributed by atoms with van der Waals surface area (Å²) in [6.45, 7) is 1.89. The summed E-state index contributed by atoms with van der Waals surface area (Å²) in [5.74, 6) is -1.00. The number of hydrogen-bond donors (Lipinski definition) is 2. The van der Waals surface area contributed by atoms with Crippen LogP contribution in [0.1, 0.15) is 33.8 Å². The topological polar surface area (TPSA) is 72.5 Å². The van der Waals surface area contributed by atoms with Gasteiger partial charge in [0, 0.05) is 16.6 Å². The third-order valence-electron chi connectivity index (χ3n) is 3.78. The Morgan fingerprint density at radius 3 is 2.44 bits per heavy atom. The van der Waals surface area contributed by atoms with Gasteiger partial charge in [-0.25, -0.2) is 9.18 Å². The molecular weight excluding hydrogens is 369 g/mol. The first-order valence-corrected chi connectivity index (χ1v) is 8.43. The third kappa shape index (κ3) is 7.29. The van der Waals surface area contributed by atoms with E-state index in [1.165, 1.54) is 12.1 Å². The van der Waals surface area contributed by atoms with Crippen LogP contribution < -0.4 is 5.73 Å². The summed E-state index contributed by atoms with van der Waals surface area (Å²) in [4.78, 5) is 11.4. The zero-order chi connectivity index (χ0) is 18.4. The third-order valence-corrected chi connectivity index (χ3v) is 4.01. The molecule has 2 aromatic carbocycles. The highest BCUT2D eigenvalue weighted by molar-refractivity contribution is 6.30. The summed E-state index contributed by atoms with van der Waals surface area (Å²) in [6.07, 6.45) is -0.632. The van der Waals surface area contributed by atoms with E-state index in [1.807, 2.05) is 12.1 Å². The predicted octanol–water partition coefficient (Wildman–Crippen LogP) is 4.60. The largest absolute Gasteiger partial charge is 0.464 e. The van der Waals surface area contributed by atoms with E-state index < -0.39 is 18.1 Å². The minimum absolute atomic E-state index is 0. The number of carbonyl (C=O) groups is 1. The smallest absolute Gasteiger partial charge is 0.335 e. The monoisotopic (exact) mass is 397 g/mol. The van der Waals surface area contributed by atoms with Gasteiger partial charge in [0.05, 0.1) is 6.61 Å². The molecule has 0 aliphatic carbocycles. The van der Waals surface area contributed by atoms with Crippen molar-refractivity contribution < 1.29 is 19.0 Å². The molecule has 150 valence electrons. The van der Waals surface area contributed by atoms with Gasteiger partial charge in [0.2, 0.25) is 0 Å². The second kappa shape index (κ2) is 11.7. The zero-order valence-corrected chi connectivity index (χ0v) is 14.7. The van der Waals surface area contributed by atoms with Crippen molar-refractivity contribution in [2.24, 2.45) is 5.73 Å². The minimum atomic E-state index is -1.23. The molecule has 6 heteroatoms. The summed E-state index contributed by atoms with van der Waals surface area (Å²) in [7, 11) is 0. The molecule has 0 aliphatic heterocycles. The first-order chi connectivity index (χ1) is 11.9. The molecule has 0 saturated heterocycles. The molecule has 4 nitrogen and oxygen atoms in total. The highest BCUT2D eigenvalue weighted by Gasteiger charge is 2.19. The van der Waals surface area contributed by atoms with Gasteiger partial charge in [-0.15, -0.1) is 0 Å². The van der Waals surface area contributed by atoms with Crippen LogP contribution >= 0.6 is 11.6 Å². The SMILES string of the molecule is C.C.CCOC(=O)[C@H](O)C[C@H](N)Cc1ccc(-c2cc(Cl)ccc2F)cc1. The van der Waals surface area contributed by atoms with Crippen LogP contribution in [0.4, 0.5) is 4.39 Å². The Morgan fingerprint density at radius 2 is 1.85 bits per heavy atom. The van der Waals surface area contributed by atoms with E-state index in [9.17, 15) is 14.3 Å². The number of carbonyl (C=O) groups excluding carboxylic acids is 1. The molecule has 27 heavy (non-hydrogen) atoms. The Labute approximate surface area is 166 Å². The molecule has 0 aromatic heterocycles. The molecule has 2 atom stereocenters. The van der Waals surface area contributed by atoms with Crippen molar-refractivity contribution in [2.45, 2.75) is 46.8 Å². The second-order valence-electron chi connectivity index (χ2n) is 5.79. The lowest BCUT2D eigenvalue weighted by Crippen LogP contribution is -2.33. The number of halogens is 2. The van der Waals surface area contributed by atoms with Crippen molar-refractivity contribution in [1.82, 2.24) is 0 Å². The maximum absolute atomic E-state index is 13.9. The fourth-order valence-corrected chi connectivity index (χ4v) is 2.72. The minimum Gasteiger partial charge on any atom is -0.464 e. The number of benzene rings is 2. The number of ether oxygens (including phenoxy) is 1. The van der Waals surface area contributed by atoms with Gasteiger partial charge in [-0.3, -0.25) is 0 Å². The lowest BCUT2D eigenvalue weighted by atomic mass is 9.98. The fraction of sp³-hybridized carbons (Fsp3) is 0.381. The normalized spacial score (nSPS) is 12.3. The van der Waals surface area contributed by atoms with Crippen LogP contribution in [0, 0.1) is 5.82 Å². The molecule has 0 bridgehead atoms. The van der Waals surface area contributed by atoms with Gasteiger partial charge in [0.15, 0.2) is 6.10 Å². The number of aliphatic hydroxyl groups excluding tert-OH is 1. The van der Waals surface area contributed by atoms with Crippen molar-refractivity contribution in [3.8, 4) is 11.1 Å². The highest BCUT2D eigenvalue weighted by atomic mass is 35.5. The number of nitrogens with two attached hydrogens (primary N) is 1. The molecule has 3 N–H and O–H groups in total. The summed E-state index contributed by atoms with van der Waals surface area (Å²) < 4.78 is 18.6. The molecule has 0 aliphatic rings. The van der Waals surface area contributed by atoms with Gasteiger partial charge in [0.25, 0.3) is 0 Å². The van der Waals surface area contributed by atoms with Crippen LogP contribution in [0.3, 0.4) is 0 Å². The van der Waals surface area contributed by atoms with E-state index in [0.717, 1.165) is 5.56 Å². The molecule has 2 aromatic rings. The standard InChI is InChI=1S/C19H21ClFNO3.2CH4/c1-2-25-19(24)18(23)11-15(22)9-12-3-5-13(6-4-12)16-10-14(20)7-8-17(16)21;;/h3-8,10,15,18,23H,2,9,11,22H2,1H3;2*1H4/t15-,18-;;/m1../s1. The zero-order valence-electron chi connectivity index (χ0n) is 13.9. The average molecular weight is 398 g/mol. The molecule has 0 spiro atoms. The summed E-state index contributed by atoms with van der Waals surface area (Å²) >= 11 is 5.92. The van der Waals surface area contributed by atoms with Crippen LogP contribution in [-0.2, 0) is 16.0 Å². The van der Waals surface area contributed by atoms with Crippen molar-refractivity contribution >= 4 is 17.6 Å². The molecule has 2 rings (SSSR count). The number of rotatable bonds is 7. The van der Waals surface area contributed by atoms with E-state index in [2.05, 4.69) is 0 Å². The highest BCUT2D eigenvalue weighted by Crippen LogP contribution is 2.26. The van der Waals surface area contributed by atoms with Gasteiger partial charge < -0.3 is 15.6 Å². The van der Waals surface area contributed by atoms with Crippen molar-refractivity contribution in [3.05, 3.63) is 58.9 Å². The van der Waals surface area contributed by atoms with Crippen LogP contribution in [0.5, 0.6) is 0 Å². The number of esters is 1. The van der Waals surface area contributed by atoms with Crippen molar-refractivity contribution in [2.75, 3.05) is 6.61 Å². The van der Waals surface area contributed by atoms with E-state index in [4.69, 9.17) is 22.1 Å². The Bertz CT molecular complexity index is 722. The first kappa shape index (κ1) is 25.1. The van der Waals surface area contributed by atoms with Crippen LogP contribution in [0.15, 0.2) is 42.5 Å². The van der Waals surface area contributed by atoms with Crippen LogP contribution in [-0.4, -0.2) is 29.8 Å². The molecule has 0 fully saturated rings. The maximum Gasteiger partial charge on any atom is 0.335 e. The Kier molecular flexibility index (Phi) is 10.9. The number of hydrogen-bond acceptors (Lipinski definition) is 4. The van der Waals surface area contributed by atoms with Gasteiger partial charge in [0.1, 0.15) is 5.82 Å². The van der Waals surface area contributed by atoms with E-state index >= 15 is 0 Å². The van der Waals surface area contributed by atoms with Crippen LogP contribution in [0.25, 0.3) is 11.1 Å². The fourth-order valence-electron chi connectivity index (χ4n) is 2.55. The lowest BCUT2D eigenvalue weighted by Gasteiger charge is -2.16. The van der Waals surface area contributed by atoms with E-state index in [1.54, 1.807) is 25.1 Å². The molecule has 0 saturated carbocycles. The molecule has 0 heterocycles. The molecular formula is C21H29ClFNO3. The van der Waals surface area contributed by atoms with E-state index in [-0.39, 0.29) is 33.7 Å². The Morgan fingerprint density at radius 1 is 1.22 bits per heavy atom. The Hall–Kier alpha value is -1.95. The van der Waals surface area contributed by atoms with Gasteiger partial charge >= 0.3 is 5.97 Å². The Balaban J connectivity index is 0.00000338. The average Bonchev–Trinajstić information content (AvgIpc) is 2.58. The molecule has 0 unspecified atom stereocenters. The quantitative estimate of drug-likeness (QED) is 0.669. The first-order valence-electron chi connectivity index (χ1n) is 8.05. The number of aliphatic hydroxyl groups is 1. The second-order valence-corrected chi connectivity index (χ2v) is 6.23. The maximum atomic E-state index is 13.9. The predicted molar refractivity (Wildman–Crippen MR) is 109 cm³/mol. The molecule has 0 radical (unpaired) electrons. The van der Waals surface area contributed by atoms with Crippen LogP contribution in [0.2, 0.25) is 5.02 Å². The van der Waals surface area contributed by atoms with Gasteiger partial charge in [-0.2, -0.15) is 0 Å². The summed E-state index contributed by atoms with van der Waals surface area (Å²) in [6, 6.07) is 11.3.